The first-order valence-corrected chi connectivity index (χ1v) is 5.27. The van der Waals surface area contributed by atoms with Crippen LogP contribution in [0.2, 0.25) is 5.15 Å². The van der Waals surface area contributed by atoms with Gasteiger partial charge >= 0.3 is 5.97 Å². The van der Waals surface area contributed by atoms with Crippen LogP contribution < -0.4 is 5.32 Å². The fourth-order valence-electron chi connectivity index (χ4n) is 1.16. The van der Waals surface area contributed by atoms with Gasteiger partial charge in [0.15, 0.2) is 0 Å². The Labute approximate surface area is 99.0 Å². The lowest BCUT2D eigenvalue weighted by molar-refractivity contribution is 0.0697. The van der Waals surface area contributed by atoms with Crippen molar-refractivity contribution in [1.82, 2.24) is 4.98 Å². The van der Waals surface area contributed by atoms with Gasteiger partial charge in [-0.15, -0.1) is 0 Å². The number of aromatic carboxylic acids is 1. The number of anilines is 1. The van der Waals surface area contributed by atoms with Crippen LogP contribution in [0.5, 0.6) is 0 Å². The number of halogens is 1. The molecule has 0 aliphatic carbocycles. The molecule has 0 aromatic carbocycles. The molecular formula is C11H13ClN2O2. The van der Waals surface area contributed by atoms with Gasteiger partial charge in [0.2, 0.25) is 0 Å². The van der Waals surface area contributed by atoms with Crippen LogP contribution in [0.15, 0.2) is 24.3 Å². The summed E-state index contributed by atoms with van der Waals surface area (Å²) in [6.07, 6.45) is 4.82. The van der Waals surface area contributed by atoms with Gasteiger partial charge in [-0.1, -0.05) is 23.8 Å². The van der Waals surface area contributed by atoms with E-state index in [1.807, 2.05) is 19.1 Å². The fraction of sp³-hybridized carbons (Fsp3) is 0.273. The second kappa shape index (κ2) is 6.12. The highest BCUT2D eigenvalue weighted by atomic mass is 35.5. The van der Waals surface area contributed by atoms with Gasteiger partial charge in [-0.25, -0.2) is 9.78 Å². The maximum absolute atomic E-state index is 10.8. The molecule has 1 aromatic heterocycles. The summed E-state index contributed by atoms with van der Waals surface area (Å²) < 4.78 is 0. The Kier molecular flexibility index (Phi) is 4.79. The molecule has 0 radical (unpaired) electrons. The van der Waals surface area contributed by atoms with E-state index in [4.69, 9.17) is 16.7 Å². The molecule has 0 fully saturated rings. The number of carboxylic acids is 1. The van der Waals surface area contributed by atoms with Gasteiger partial charge in [-0.05, 0) is 25.5 Å². The molecule has 0 saturated carbocycles. The molecule has 0 atom stereocenters. The number of allylic oxidation sites excluding steroid dienone is 1. The molecule has 16 heavy (non-hydrogen) atoms. The number of aromatic nitrogens is 1. The van der Waals surface area contributed by atoms with E-state index in [-0.39, 0.29) is 10.7 Å². The van der Waals surface area contributed by atoms with Crippen molar-refractivity contribution in [3.05, 3.63) is 35.0 Å². The van der Waals surface area contributed by atoms with E-state index in [0.29, 0.717) is 12.4 Å². The van der Waals surface area contributed by atoms with Crippen LogP contribution in [-0.4, -0.2) is 22.6 Å². The number of carbonyl (C=O) groups is 1. The number of nitrogens with one attached hydrogen (secondary N) is 1. The Morgan fingerprint density at radius 2 is 2.38 bits per heavy atom. The highest BCUT2D eigenvalue weighted by Gasteiger charge is 2.06. The van der Waals surface area contributed by atoms with Gasteiger partial charge in [0.1, 0.15) is 11.0 Å². The molecule has 0 aliphatic rings. The number of rotatable bonds is 5. The summed E-state index contributed by atoms with van der Waals surface area (Å²) in [5, 5.41) is 12.0. The second-order valence-corrected chi connectivity index (χ2v) is 3.54. The van der Waals surface area contributed by atoms with Crippen molar-refractivity contribution in [2.75, 3.05) is 11.9 Å². The number of hydrogen-bond donors (Lipinski definition) is 2. The monoisotopic (exact) mass is 240 g/mol. The first-order chi connectivity index (χ1) is 7.63. The molecule has 5 heteroatoms. The minimum absolute atomic E-state index is 0.133. The molecule has 2 N–H and O–H groups in total. The molecular weight excluding hydrogens is 228 g/mol. The van der Waals surface area contributed by atoms with Gasteiger partial charge in [-0.2, -0.15) is 0 Å². The Morgan fingerprint density at radius 1 is 1.62 bits per heavy atom. The smallest absolute Gasteiger partial charge is 0.335 e. The summed E-state index contributed by atoms with van der Waals surface area (Å²) in [5.74, 6) is -0.532. The van der Waals surface area contributed by atoms with Crippen LogP contribution in [0.4, 0.5) is 5.82 Å². The highest BCUT2D eigenvalue weighted by Crippen LogP contribution is 2.14. The Morgan fingerprint density at radius 3 is 3.00 bits per heavy atom. The van der Waals surface area contributed by atoms with E-state index in [2.05, 4.69) is 10.3 Å². The predicted molar refractivity (Wildman–Crippen MR) is 64.1 cm³/mol. The highest BCUT2D eigenvalue weighted by molar-refractivity contribution is 6.29. The zero-order valence-electron chi connectivity index (χ0n) is 8.90. The molecule has 0 bridgehead atoms. The van der Waals surface area contributed by atoms with Crippen molar-refractivity contribution in [2.45, 2.75) is 13.3 Å². The van der Waals surface area contributed by atoms with Crippen molar-refractivity contribution in [3.63, 3.8) is 0 Å². The molecule has 0 unspecified atom stereocenters. The average molecular weight is 241 g/mol. The van der Waals surface area contributed by atoms with Crippen LogP contribution in [-0.2, 0) is 0 Å². The summed E-state index contributed by atoms with van der Waals surface area (Å²) in [7, 11) is 0. The summed E-state index contributed by atoms with van der Waals surface area (Å²) in [5.41, 5.74) is 0.133. The van der Waals surface area contributed by atoms with Crippen molar-refractivity contribution < 1.29 is 9.90 Å². The SMILES string of the molecule is C/C=C/CCNc1cc(C(=O)O)cc(Cl)n1. The van der Waals surface area contributed by atoms with E-state index in [0.717, 1.165) is 6.42 Å². The summed E-state index contributed by atoms with van der Waals surface area (Å²) >= 11 is 5.71. The molecule has 0 aliphatic heterocycles. The first kappa shape index (κ1) is 12.5. The van der Waals surface area contributed by atoms with E-state index in [1.165, 1.54) is 12.1 Å². The quantitative estimate of drug-likeness (QED) is 0.472. The molecule has 86 valence electrons. The second-order valence-electron chi connectivity index (χ2n) is 3.15. The van der Waals surface area contributed by atoms with Crippen LogP contribution in [0.25, 0.3) is 0 Å². The van der Waals surface area contributed by atoms with Crippen molar-refractivity contribution in [3.8, 4) is 0 Å². The number of carboxylic acid groups (broad SMARTS) is 1. The van der Waals surface area contributed by atoms with E-state index < -0.39 is 5.97 Å². The molecule has 0 saturated heterocycles. The van der Waals surface area contributed by atoms with Crippen molar-refractivity contribution >= 4 is 23.4 Å². The van der Waals surface area contributed by atoms with E-state index in [1.54, 1.807) is 0 Å². The molecule has 0 amide bonds. The Hall–Kier alpha value is -1.55. The molecule has 4 nitrogen and oxygen atoms in total. The van der Waals surface area contributed by atoms with E-state index >= 15 is 0 Å². The van der Waals surface area contributed by atoms with Gasteiger partial charge < -0.3 is 10.4 Å². The summed E-state index contributed by atoms with van der Waals surface area (Å²) in [6.45, 7) is 2.64. The normalized spacial score (nSPS) is 10.6. The predicted octanol–water partition coefficient (Wildman–Crippen LogP) is 2.81. The average Bonchev–Trinajstić information content (AvgIpc) is 2.23. The molecule has 1 heterocycles. The van der Waals surface area contributed by atoms with Gasteiger partial charge in [-0.3, -0.25) is 0 Å². The lowest BCUT2D eigenvalue weighted by Crippen LogP contribution is -2.05. The van der Waals surface area contributed by atoms with Crippen LogP contribution >= 0.6 is 11.6 Å². The van der Waals surface area contributed by atoms with E-state index in [9.17, 15) is 4.79 Å². The molecule has 1 rings (SSSR count). The summed E-state index contributed by atoms with van der Waals surface area (Å²) in [6, 6.07) is 2.78. The largest absolute Gasteiger partial charge is 0.478 e. The van der Waals surface area contributed by atoms with Crippen LogP contribution in [0.1, 0.15) is 23.7 Å². The van der Waals surface area contributed by atoms with Gasteiger partial charge in [0.05, 0.1) is 5.56 Å². The molecule has 1 aromatic rings. The standard InChI is InChI=1S/C11H13ClN2O2/c1-2-3-4-5-13-10-7-8(11(15)16)6-9(12)14-10/h2-3,6-7H,4-5H2,1H3,(H,13,14)(H,15,16)/b3-2+. The Bertz CT molecular complexity index is 405. The van der Waals surface area contributed by atoms with Gasteiger partial charge in [0, 0.05) is 6.54 Å². The topological polar surface area (TPSA) is 62.2 Å². The lowest BCUT2D eigenvalue weighted by Gasteiger charge is -2.05. The van der Waals surface area contributed by atoms with Crippen LogP contribution in [0.3, 0.4) is 0 Å². The third-order valence-corrected chi connectivity index (χ3v) is 2.09. The minimum atomic E-state index is -1.01. The first-order valence-electron chi connectivity index (χ1n) is 4.89. The maximum atomic E-state index is 10.8. The third-order valence-electron chi connectivity index (χ3n) is 1.89. The van der Waals surface area contributed by atoms with Crippen molar-refractivity contribution in [2.24, 2.45) is 0 Å². The summed E-state index contributed by atoms with van der Waals surface area (Å²) in [4.78, 5) is 14.7. The number of pyridine rings is 1. The minimum Gasteiger partial charge on any atom is -0.478 e. The van der Waals surface area contributed by atoms with Crippen LogP contribution in [0, 0.1) is 0 Å². The lowest BCUT2D eigenvalue weighted by atomic mass is 10.2. The molecule has 0 spiro atoms. The zero-order chi connectivity index (χ0) is 12.0. The maximum Gasteiger partial charge on any atom is 0.335 e. The third kappa shape index (κ3) is 3.90. The van der Waals surface area contributed by atoms with Gasteiger partial charge in [0.25, 0.3) is 0 Å². The number of nitrogens with zero attached hydrogens (tertiary/aromatic N) is 1. The Balaban J connectivity index is 2.69. The fourth-order valence-corrected chi connectivity index (χ4v) is 1.37. The zero-order valence-corrected chi connectivity index (χ0v) is 9.66. The van der Waals surface area contributed by atoms with Crippen molar-refractivity contribution in [1.29, 1.82) is 0 Å². The number of hydrogen-bond acceptors (Lipinski definition) is 3.